The van der Waals surface area contributed by atoms with Crippen LogP contribution in [-0.4, -0.2) is 11.0 Å². The van der Waals surface area contributed by atoms with Gasteiger partial charge in [0.25, 0.3) is 5.69 Å². The van der Waals surface area contributed by atoms with Crippen molar-refractivity contribution in [2.24, 2.45) is 0 Å². The maximum absolute atomic E-state index is 10.9. The van der Waals surface area contributed by atoms with Gasteiger partial charge in [0.15, 0.2) is 0 Å². The lowest BCUT2D eigenvalue weighted by Crippen LogP contribution is -2.07. The molecule has 0 saturated carbocycles. The smallest absolute Gasteiger partial charge is 0.275 e. The number of nitro groups is 1. The maximum Gasteiger partial charge on any atom is 0.275 e. The molecule has 2 rings (SSSR count). The molecule has 106 valence electrons. The van der Waals surface area contributed by atoms with Crippen LogP contribution < -0.4 is 10.1 Å². The summed E-state index contributed by atoms with van der Waals surface area (Å²) in [5, 5.41) is 18.2. The van der Waals surface area contributed by atoms with Crippen LogP contribution >= 0.6 is 11.3 Å². The SMILES string of the molecule is CC(C)Oc1cc(NCc2ccsc2)cc([N+](=O)[O-])c1. The normalized spacial score (nSPS) is 10.6. The van der Waals surface area contributed by atoms with Crippen LogP contribution in [0.25, 0.3) is 0 Å². The van der Waals surface area contributed by atoms with Crippen molar-refractivity contribution in [3.63, 3.8) is 0 Å². The molecule has 6 heteroatoms. The number of thiophene rings is 1. The summed E-state index contributed by atoms with van der Waals surface area (Å²) >= 11 is 1.62. The van der Waals surface area contributed by atoms with Gasteiger partial charge < -0.3 is 10.1 Å². The van der Waals surface area contributed by atoms with Crippen LogP contribution in [0.2, 0.25) is 0 Å². The van der Waals surface area contributed by atoms with E-state index in [9.17, 15) is 10.1 Å². The molecule has 2 aromatic rings. The van der Waals surface area contributed by atoms with E-state index < -0.39 is 4.92 Å². The first-order valence-electron chi connectivity index (χ1n) is 6.25. The number of hydrogen-bond acceptors (Lipinski definition) is 5. The molecule has 0 amide bonds. The molecule has 20 heavy (non-hydrogen) atoms. The van der Waals surface area contributed by atoms with E-state index >= 15 is 0 Å². The van der Waals surface area contributed by atoms with Crippen molar-refractivity contribution in [3.8, 4) is 5.75 Å². The maximum atomic E-state index is 10.9. The topological polar surface area (TPSA) is 64.4 Å². The number of hydrogen-bond donors (Lipinski definition) is 1. The van der Waals surface area contributed by atoms with E-state index in [1.165, 1.54) is 12.1 Å². The first-order valence-corrected chi connectivity index (χ1v) is 7.20. The molecule has 1 aromatic heterocycles. The zero-order valence-corrected chi connectivity index (χ0v) is 12.1. The first-order chi connectivity index (χ1) is 9.54. The zero-order valence-electron chi connectivity index (χ0n) is 11.3. The monoisotopic (exact) mass is 292 g/mol. The first kappa shape index (κ1) is 14.3. The second kappa shape index (κ2) is 6.38. The summed E-state index contributed by atoms with van der Waals surface area (Å²) in [6.45, 7) is 4.40. The van der Waals surface area contributed by atoms with Gasteiger partial charge in [0.05, 0.1) is 17.1 Å². The third-order valence-electron chi connectivity index (χ3n) is 2.55. The minimum Gasteiger partial charge on any atom is -0.491 e. The highest BCUT2D eigenvalue weighted by Crippen LogP contribution is 2.27. The molecule has 0 spiro atoms. The van der Waals surface area contributed by atoms with Gasteiger partial charge in [0.2, 0.25) is 0 Å². The van der Waals surface area contributed by atoms with Crippen LogP contribution in [0.4, 0.5) is 11.4 Å². The van der Waals surface area contributed by atoms with Crippen molar-refractivity contribution in [2.75, 3.05) is 5.32 Å². The summed E-state index contributed by atoms with van der Waals surface area (Å²) in [6.07, 6.45) is -0.0262. The van der Waals surface area contributed by atoms with Crippen LogP contribution in [0.3, 0.4) is 0 Å². The lowest BCUT2D eigenvalue weighted by Gasteiger charge is -2.12. The van der Waals surface area contributed by atoms with E-state index in [4.69, 9.17) is 4.74 Å². The van der Waals surface area contributed by atoms with E-state index in [-0.39, 0.29) is 11.8 Å². The Hall–Kier alpha value is -2.08. The minimum atomic E-state index is -0.414. The van der Waals surface area contributed by atoms with Crippen molar-refractivity contribution < 1.29 is 9.66 Å². The van der Waals surface area contributed by atoms with Crippen molar-refractivity contribution in [3.05, 3.63) is 50.7 Å². The highest BCUT2D eigenvalue weighted by molar-refractivity contribution is 7.07. The summed E-state index contributed by atoms with van der Waals surface area (Å²) in [5.74, 6) is 0.502. The van der Waals surface area contributed by atoms with Crippen molar-refractivity contribution in [2.45, 2.75) is 26.5 Å². The Morgan fingerprint density at radius 2 is 2.20 bits per heavy atom. The molecule has 0 unspecified atom stereocenters. The van der Waals surface area contributed by atoms with Gasteiger partial charge in [-0.15, -0.1) is 0 Å². The Kier molecular flexibility index (Phi) is 4.57. The summed E-state index contributed by atoms with van der Waals surface area (Å²) in [7, 11) is 0. The van der Waals surface area contributed by atoms with Crippen LogP contribution in [0, 0.1) is 10.1 Å². The second-order valence-electron chi connectivity index (χ2n) is 4.62. The minimum absolute atomic E-state index is 0.0240. The molecule has 0 atom stereocenters. The van der Waals surface area contributed by atoms with Crippen LogP contribution in [0.15, 0.2) is 35.0 Å². The van der Waals surface area contributed by atoms with Gasteiger partial charge in [0.1, 0.15) is 5.75 Å². The van der Waals surface area contributed by atoms with Crippen LogP contribution in [-0.2, 0) is 6.54 Å². The molecule has 0 saturated heterocycles. The fourth-order valence-electron chi connectivity index (χ4n) is 1.73. The molecule has 1 heterocycles. The van der Waals surface area contributed by atoms with Crippen molar-refractivity contribution in [1.82, 2.24) is 0 Å². The Morgan fingerprint density at radius 3 is 2.80 bits per heavy atom. The molecular weight excluding hydrogens is 276 g/mol. The summed E-state index contributed by atoms with van der Waals surface area (Å²) < 4.78 is 5.54. The second-order valence-corrected chi connectivity index (χ2v) is 5.40. The van der Waals surface area contributed by atoms with Crippen LogP contribution in [0.5, 0.6) is 5.75 Å². The van der Waals surface area contributed by atoms with Gasteiger partial charge in [-0.1, -0.05) is 0 Å². The number of nitrogens with one attached hydrogen (secondary N) is 1. The van der Waals surface area contributed by atoms with E-state index in [2.05, 4.69) is 5.32 Å². The lowest BCUT2D eigenvalue weighted by atomic mass is 10.2. The number of rotatable bonds is 6. The van der Waals surface area contributed by atoms with Gasteiger partial charge in [-0.05, 0) is 36.2 Å². The summed E-state index contributed by atoms with van der Waals surface area (Å²) in [6, 6.07) is 6.75. The molecule has 5 nitrogen and oxygen atoms in total. The van der Waals surface area contributed by atoms with Gasteiger partial charge in [0, 0.05) is 24.4 Å². The van der Waals surface area contributed by atoms with Gasteiger partial charge in [-0.3, -0.25) is 10.1 Å². The highest BCUT2D eigenvalue weighted by atomic mass is 32.1. The number of benzene rings is 1. The molecule has 0 bridgehead atoms. The predicted molar refractivity (Wildman–Crippen MR) is 80.5 cm³/mol. The van der Waals surface area contributed by atoms with Crippen molar-refractivity contribution >= 4 is 22.7 Å². The zero-order chi connectivity index (χ0) is 14.5. The Morgan fingerprint density at radius 1 is 1.40 bits per heavy atom. The molecule has 0 aliphatic rings. The largest absolute Gasteiger partial charge is 0.491 e. The summed E-state index contributed by atoms with van der Waals surface area (Å²) in [4.78, 5) is 10.5. The van der Waals surface area contributed by atoms with Gasteiger partial charge in [-0.25, -0.2) is 0 Å². The third-order valence-corrected chi connectivity index (χ3v) is 3.28. The quantitative estimate of drug-likeness (QED) is 0.644. The molecule has 1 N–H and O–H groups in total. The standard InChI is InChI=1S/C14H16N2O3S/c1-10(2)19-14-6-12(5-13(7-14)16(17)18)15-8-11-3-4-20-9-11/h3-7,9-10,15H,8H2,1-2H3. The molecule has 0 fully saturated rings. The number of non-ortho nitro benzene ring substituents is 1. The van der Waals surface area contributed by atoms with Crippen molar-refractivity contribution in [1.29, 1.82) is 0 Å². The van der Waals surface area contributed by atoms with Crippen LogP contribution in [0.1, 0.15) is 19.4 Å². The fourth-order valence-corrected chi connectivity index (χ4v) is 2.40. The third kappa shape index (κ3) is 3.96. The lowest BCUT2D eigenvalue weighted by molar-refractivity contribution is -0.384. The Balaban J connectivity index is 2.17. The summed E-state index contributed by atoms with van der Waals surface area (Å²) in [5.41, 5.74) is 1.85. The molecule has 0 radical (unpaired) electrons. The molecular formula is C14H16N2O3S. The predicted octanol–water partition coefficient (Wildman–Crippen LogP) is 4.06. The molecule has 0 aliphatic carbocycles. The van der Waals surface area contributed by atoms with E-state index in [0.29, 0.717) is 18.0 Å². The molecule has 1 aromatic carbocycles. The average molecular weight is 292 g/mol. The fraction of sp³-hybridized carbons (Fsp3) is 0.286. The number of nitro benzene ring substituents is 1. The van der Waals surface area contributed by atoms with E-state index in [0.717, 1.165) is 5.56 Å². The van der Waals surface area contributed by atoms with Gasteiger partial charge >= 0.3 is 0 Å². The number of ether oxygens (including phenoxy) is 1. The average Bonchev–Trinajstić information content (AvgIpc) is 2.88. The number of nitrogens with zero attached hydrogens (tertiary/aromatic N) is 1. The molecule has 0 aliphatic heterocycles. The number of anilines is 1. The van der Waals surface area contributed by atoms with E-state index in [1.807, 2.05) is 30.7 Å². The highest BCUT2D eigenvalue weighted by Gasteiger charge is 2.11. The van der Waals surface area contributed by atoms with E-state index in [1.54, 1.807) is 17.4 Å². The Labute approximate surface area is 121 Å². The van der Waals surface area contributed by atoms with Gasteiger partial charge in [-0.2, -0.15) is 11.3 Å². The Bertz CT molecular complexity index is 582.